The number of H-pyrrole nitrogens is 1. The molecule has 0 aromatic carbocycles. The molecular formula is C15H25N5O. The number of nitrogens with one attached hydrogen (secondary N) is 1. The van der Waals surface area contributed by atoms with Crippen molar-refractivity contribution in [2.75, 3.05) is 31.9 Å². The zero-order chi connectivity index (χ0) is 14.8. The minimum absolute atomic E-state index is 0.0206. The SMILES string of the molecule is CCCc1[nH]nc(C(=O)N2CCC(N3CCCC3)C2)c1N. The monoisotopic (exact) mass is 291 g/mol. The lowest BCUT2D eigenvalue weighted by atomic mass is 10.2. The predicted octanol–water partition coefficient (Wildman–Crippen LogP) is 1.25. The van der Waals surface area contributed by atoms with Gasteiger partial charge in [0.2, 0.25) is 0 Å². The van der Waals surface area contributed by atoms with E-state index in [-0.39, 0.29) is 5.91 Å². The molecule has 1 aromatic rings. The maximum absolute atomic E-state index is 12.6. The number of nitrogen functional groups attached to an aromatic ring is 1. The van der Waals surface area contributed by atoms with Gasteiger partial charge in [0.05, 0.1) is 11.4 Å². The number of hydrogen-bond acceptors (Lipinski definition) is 4. The summed E-state index contributed by atoms with van der Waals surface area (Å²) in [6.07, 6.45) is 5.47. The van der Waals surface area contributed by atoms with E-state index >= 15 is 0 Å². The molecule has 1 atom stereocenters. The normalized spacial score (nSPS) is 23.1. The highest BCUT2D eigenvalue weighted by molar-refractivity contribution is 5.97. The summed E-state index contributed by atoms with van der Waals surface area (Å²) in [7, 11) is 0. The molecule has 1 aromatic heterocycles. The fourth-order valence-electron chi connectivity index (χ4n) is 3.47. The molecule has 3 rings (SSSR count). The third-order valence-corrected chi connectivity index (χ3v) is 4.69. The van der Waals surface area contributed by atoms with Crippen LogP contribution in [0.4, 0.5) is 5.69 Å². The number of aromatic nitrogens is 2. The third kappa shape index (κ3) is 2.77. The number of hydrogen-bond donors (Lipinski definition) is 2. The second-order valence-corrected chi connectivity index (χ2v) is 6.15. The third-order valence-electron chi connectivity index (χ3n) is 4.69. The molecule has 3 N–H and O–H groups in total. The van der Waals surface area contributed by atoms with Crippen molar-refractivity contribution in [3.63, 3.8) is 0 Å². The van der Waals surface area contributed by atoms with Crippen molar-refractivity contribution in [2.45, 2.75) is 45.1 Å². The summed E-state index contributed by atoms with van der Waals surface area (Å²) in [5.41, 5.74) is 7.89. The van der Waals surface area contributed by atoms with Gasteiger partial charge in [-0.3, -0.25) is 14.8 Å². The van der Waals surface area contributed by atoms with Crippen molar-refractivity contribution in [3.8, 4) is 0 Å². The molecule has 2 aliphatic heterocycles. The lowest BCUT2D eigenvalue weighted by Gasteiger charge is -2.23. The first kappa shape index (κ1) is 14.4. The van der Waals surface area contributed by atoms with E-state index in [0.29, 0.717) is 17.4 Å². The summed E-state index contributed by atoms with van der Waals surface area (Å²) < 4.78 is 0. The van der Waals surface area contributed by atoms with Crippen molar-refractivity contribution >= 4 is 11.6 Å². The molecule has 1 unspecified atom stereocenters. The van der Waals surface area contributed by atoms with Gasteiger partial charge in [-0.1, -0.05) is 13.3 Å². The van der Waals surface area contributed by atoms with Gasteiger partial charge >= 0.3 is 0 Å². The molecule has 2 fully saturated rings. The van der Waals surface area contributed by atoms with Crippen LogP contribution in [0.2, 0.25) is 0 Å². The van der Waals surface area contributed by atoms with Gasteiger partial charge in [-0.05, 0) is 38.8 Å². The number of amides is 1. The molecule has 3 heterocycles. The Balaban J connectivity index is 1.66. The summed E-state index contributed by atoms with van der Waals surface area (Å²) >= 11 is 0. The fourth-order valence-corrected chi connectivity index (χ4v) is 3.47. The first-order chi connectivity index (χ1) is 10.2. The van der Waals surface area contributed by atoms with E-state index in [0.717, 1.165) is 38.0 Å². The van der Waals surface area contributed by atoms with E-state index in [1.807, 2.05) is 4.90 Å². The first-order valence-corrected chi connectivity index (χ1v) is 8.06. The molecule has 0 radical (unpaired) electrons. The number of rotatable bonds is 4. The Labute approximate surface area is 125 Å². The molecule has 6 nitrogen and oxygen atoms in total. The van der Waals surface area contributed by atoms with Crippen molar-refractivity contribution in [3.05, 3.63) is 11.4 Å². The average Bonchev–Trinajstić information content (AvgIpc) is 3.19. The van der Waals surface area contributed by atoms with Gasteiger partial charge in [-0.15, -0.1) is 0 Å². The molecule has 2 aliphatic rings. The number of likely N-dealkylation sites (tertiary alicyclic amines) is 2. The van der Waals surface area contributed by atoms with Crippen molar-refractivity contribution in [1.82, 2.24) is 20.0 Å². The number of aryl methyl sites for hydroxylation is 1. The highest BCUT2D eigenvalue weighted by Gasteiger charge is 2.33. The Hall–Kier alpha value is -1.56. The number of aromatic amines is 1. The molecule has 0 spiro atoms. The zero-order valence-electron chi connectivity index (χ0n) is 12.8. The summed E-state index contributed by atoms with van der Waals surface area (Å²) in [4.78, 5) is 17.0. The number of nitrogens with zero attached hydrogens (tertiary/aromatic N) is 3. The molecule has 0 bridgehead atoms. The van der Waals surface area contributed by atoms with Crippen LogP contribution in [0, 0.1) is 0 Å². The van der Waals surface area contributed by atoms with Crippen LogP contribution >= 0.6 is 0 Å². The molecule has 116 valence electrons. The van der Waals surface area contributed by atoms with Crippen LogP contribution in [-0.4, -0.2) is 58.1 Å². The minimum atomic E-state index is -0.0206. The maximum atomic E-state index is 12.6. The second-order valence-electron chi connectivity index (χ2n) is 6.15. The van der Waals surface area contributed by atoms with Gasteiger partial charge in [0.25, 0.3) is 5.91 Å². The van der Waals surface area contributed by atoms with Crippen molar-refractivity contribution in [1.29, 1.82) is 0 Å². The number of nitrogens with two attached hydrogens (primary N) is 1. The fraction of sp³-hybridized carbons (Fsp3) is 0.733. The van der Waals surface area contributed by atoms with Gasteiger partial charge in [0.1, 0.15) is 0 Å². The maximum Gasteiger partial charge on any atom is 0.276 e. The van der Waals surface area contributed by atoms with E-state index in [4.69, 9.17) is 5.73 Å². The largest absolute Gasteiger partial charge is 0.395 e. The summed E-state index contributed by atoms with van der Waals surface area (Å²) in [5, 5.41) is 7.06. The Kier molecular flexibility index (Phi) is 4.14. The van der Waals surface area contributed by atoms with E-state index in [9.17, 15) is 4.79 Å². The molecule has 1 amide bonds. The average molecular weight is 291 g/mol. The molecule has 21 heavy (non-hydrogen) atoms. The summed E-state index contributed by atoms with van der Waals surface area (Å²) in [6.45, 7) is 6.07. The summed E-state index contributed by atoms with van der Waals surface area (Å²) in [5.74, 6) is -0.0206. The molecule has 2 saturated heterocycles. The van der Waals surface area contributed by atoms with Gasteiger partial charge in [-0.2, -0.15) is 5.10 Å². The highest BCUT2D eigenvalue weighted by Crippen LogP contribution is 2.23. The second kappa shape index (κ2) is 6.05. The number of carbonyl (C=O) groups is 1. The van der Waals surface area contributed by atoms with E-state index in [2.05, 4.69) is 22.0 Å². The first-order valence-electron chi connectivity index (χ1n) is 8.06. The zero-order valence-corrected chi connectivity index (χ0v) is 12.8. The molecule has 6 heteroatoms. The Morgan fingerprint density at radius 3 is 2.86 bits per heavy atom. The van der Waals surface area contributed by atoms with Crippen LogP contribution in [0.3, 0.4) is 0 Å². The van der Waals surface area contributed by atoms with Gasteiger partial charge < -0.3 is 10.6 Å². The van der Waals surface area contributed by atoms with Crippen LogP contribution < -0.4 is 5.73 Å². The Morgan fingerprint density at radius 1 is 1.38 bits per heavy atom. The van der Waals surface area contributed by atoms with Crippen molar-refractivity contribution < 1.29 is 4.79 Å². The van der Waals surface area contributed by atoms with Crippen LogP contribution in [0.15, 0.2) is 0 Å². The Morgan fingerprint density at radius 2 is 2.14 bits per heavy atom. The lowest BCUT2D eigenvalue weighted by molar-refractivity contribution is 0.0775. The quantitative estimate of drug-likeness (QED) is 0.875. The van der Waals surface area contributed by atoms with Crippen LogP contribution in [-0.2, 0) is 6.42 Å². The van der Waals surface area contributed by atoms with E-state index in [1.165, 1.54) is 25.9 Å². The van der Waals surface area contributed by atoms with Gasteiger partial charge in [-0.25, -0.2) is 0 Å². The highest BCUT2D eigenvalue weighted by atomic mass is 16.2. The minimum Gasteiger partial charge on any atom is -0.395 e. The molecule has 0 aliphatic carbocycles. The van der Waals surface area contributed by atoms with Crippen LogP contribution in [0.25, 0.3) is 0 Å². The van der Waals surface area contributed by atoms with Crippen molar-refractivity contribution in [2.24, 2.45) is 0 Å². The van der Waals surface area contributed by atoms with Gasteiger partial charge in [0.15, 0.2) is 5.69 Å². The lowest BCUT2D eigenvalue weighted by Crippen LogP contribution is -2.37. The number of carbonyl (C=O) groups excluding carboxylic acids is 1. The molecular weight excluding hydrogens is 266 g/mol. The summed E-state index contributed by atoms with van der Waals surface area (Å²) in [6, 6.07) is 0.520. The van der Waals surface area contributed by atoms with E-state index < -0.39 is 0 Å². The topological polar surface area (TPSA) is 78.2 Å². The van der Waals surface area contributed by atoms with Crippen LogP contribution in [0.1, 0.15) is 48.8 Å². The predicted molar refractivity (Wildman–Crippen MR) is 82.1 cm³/mol. The van der Waals surface area contributed by atoms with Crippen LogP contribution in [0.5, 0.6) is 0 Å². The smallest absolute Gasteiger partial charge is 0.276 e. The molecule has 0 saturated carbocycles. The van der Waals surface area contributed by atoms with E-state index in [1.54, 1.807) is 0 Å². The Bertz CT molecular complexity index is 506. The standard InChI is InChI=1S/C15H25N5O/c1-2-5-12-13(16)14(18-17-12)15(21)20-9-6-11(10-20)19-7-3-4-8-19/h11H,2-10,16H2,1H3,(H,17,18). The van der Waals surface area contributed by atoms with Gasteiger partial charge in [0, 0.05) is 19.1 Å². The number of anilines is 1.